The first-order valence-corrected chi connectivity index (χ1v) is 9.50. The van der Waals surface area contributed by atoms with Gasteiger partial charge in [-0.1, -0.05) is 15.9 Å². The van der Waals surface area contributed by atoms with Crippen molar-refractivity contribution in [2.24, 2.45) is 0 Å². The van der Waals surface area contributed by atoms with E-state index in [1.807, 2.05) is 39.0 Å². The van der Waals surface area contributed by atoms with Gasteiger partial charge in [0.25, 0.3) is 5.91 Å². The Balaban J connectivity index is 2.31. The van der Waals surface area contributed by atoms with Gasteiger partial charge in [0.05, 0.1) is 16.8 Å². The van der Waals surface area contributed by atoms with Crippen molar-refractivity contribution >= 4 is 50.1 Å². The van der Waals surface area contributed by atoms with E-state index in [-0.39, 0.29) is 5.91 Å². The van der Waals surface area contributed by atoms with Crippen molar-refractivity contribution < 1.29 is 14.3 Å². The average molecular weight is 504 g/mol. The van der Waals surface area contributed by atoms with E-state index in [1.165, 1.54) is 0 Å². The summed E-state index contributed by atoms with van der Waals surface area (Å²) < 4.78 is 13.1. The van der Waals surface area contributed by atoms with E-state index >= 15 is 0 Å². The minimum absolute atomic E-state index is 0.178. The Morgan fingerprint density at radius 2 is 1.88 bits per heavy atom. The Hall–Kier alpha value is -1.28. The van der Waals surface area contributed by atoms with Crippen LogP contribution in [0.2, 0.25) is 0 Å². The minimum Gasteiger partial charge on any atom is -0.490 e. The molecular weight excluding hydrogens is 485 g/mol. The number of ether oxygens (including phenoxy) is 2. The van der Waals surface area contributed by atoms with Gasteiger partial charge in [0.15, 0.2) is 11.5 Å². The number of carbonyl (C=O) groups excluding carboxylic acids is 1. The fraction of sp³-hybridized carbons (Fsp3) is 0.278. The first kappa shape index (κ1) is 19.1. The number of aryl methyl sites for hydroxylation is 1. The average Bonchev–Trinajstić information content (AvgIpc) is 2.53. The van der Waals surface area contributed by atoms with Gasteiger partial charge in [-0.25, -0.2) is 0 Å². The lowest BCUT2D eigenvalue weighted by Gasteiger charge is -2.15. The zero-order chi connectivity index (χ0) is 17.7. The van der Waals surface area contributed by atoms with Crippen LogP contribution >= 0.6 is 38.5 Å². The van der Waals surface area contributed by atoms with Gasteiger partial charge >= 0.3 is 0 Å². The summed E-state index contributed by atoms with van der Waals surface area (Å²) in [5, 5.41) is 2.94. The topological polar surface area (TPSA) is 47.6 Å². The van der Waals surface area contributed by atoms with Crippen LogP contribution in [0.1, 0.15) is 29.8 Å². The van der Waals surface area contributed by atoms with Crippen molar-refractivity contribution in [1.82, 2.24) is 0 Å². The molecule has 0 atom stereocenters. The lowest BCUT2D eigenvalue weighted by atomic mass is 10.1. The molecule has 0 fully saturated rings. The fourth-order valence-corrected chi connectivity index (χ4v) is 3.44. The maximum atomic E-state index is 12.6. The van der Waals surface area contributed by atoms with Gasteiger partial charge in [0, 0.05) is 15.7 Å². The highest BCUT2D eigenvalue weighted by Gasteiger charge is 2.16. The molecule has 0 bridgehead atoms. The SMILES string of the molecule is CCOc1cc(C(=O)Nc2ccc(Br)cc2C)cc(I)c1OCC. The van der Waals surface area contributed by atoms with Crippen molar-refractivity contribution in [3.63, 3.8) is 0 Å². The lowest BCUT2D eigenvalue weighted by Crippen LogP contribution is -2.14. The zero-order valence-electron chi connectivity index (χ0n) is 13.8. The maximum absolute atomic E-state index is 12.6. The Morgan fingerprint density at radius 1 is 1.17 bits per heavy atom. The predicted octanol–water partition coefficient (Wildman–Crippen LogP) is 5.41. The molecule has 1 N–H and O–H groups in total. The summed E-state index contributed by atoms with van der Waals surface area (Å²) in [4.78, 5) is 12.6. The molecule has 4 nitrogen and oxygen atoms in total. The number of anilines is 1. The number of rotatable bonds is 6. The van der Waals surface area contributed by atoms with E-state index in [4.69, 9.17) is 9.47 Å². The summed E-state index contributed by atoms with van der Waals surface area (Å²) in [5.41, 5.74) is 2.31. The Bertz CT molecular complexity index is 749. The summed E-state index contributed by atoms with van der Waals surface area (Å²) >= 11 is 5.58. The molecule has 128 valence electrons. The lowest BCUT2D eigenvalue weighted by molar-refractivity contribution is 0.102. The largest absolute Gasteiger partial charge is 0.490 e. The van der Waals surface area contributed by atoms with Crippen LogP contribution in [-0.2, 0) is 0 Å². The van der Waals surface area contributed by atoms with Crippen molar-refractivity contribution in [1.29, 1.82) is 0 Å². The normalized spacial score (nSPS) is 10.4. The van der Waals surface area contributed by atoms with Crippen LogP contribution in [0.3, 0.4) is 0 Å². The molecule has 0 spiro atoms. The maximum Gasteiger partial charge on any atom is 0.255 e. The van der Waals surface area contributed by atoms with Crippen LogP contribution in [-0.4, -0.2) is 19.1 Å². The Labute approximate surface area is 164 Å². The molecule has 0 saturated heterocycles. The quantitative estimate of drug-likeness (QED) is 0.536. The molecule has 2 aromatic rings. The van der Waals surface area contributed by atoms with Crippen LogP contribution in [0.4, 0.5) is 5.69 Å². The monoisotopic (exact) mass is 503 g/mol. The number of hydrogen-bond donors (Lipinski definition) is 1. The molecule has 24 heavy (non-hydrogen) atoms. The van der Waals surface area contributed by atoms with Gasteiger partial charge in [-0.05, 0) is 79.3 Å². The Kier molecular flexibility index (Phi) is 6.91. The van der Waals surface area contributed by atoms with Crippen molar-refractivity contribution in [2.75, 3.05) is 18.5 Å². The second-order valence-corrected chi connectivity index (χ2v) is 7.14. The molecule has 0 heterocycles. The number of hydrogen-bond acceptors (Lipinski definition) is 3. The second kappa shape index (κ2) is 8.71. The molecule has 0 radical (unpaired) electrons. The van der Waals surface area contributed by atoms with E-state index in [2.05, 4.69) is 43.8 Å². The van der Waals surface area contributed by atoms with E-state index in [1.54, 1.807) is 12.1 Å². The van der Waals surface area contributed by atoms with Crippen molar-refractivity contribution in [3.05, 3.63) is 49.5 Å². The minimum atomic E-state index is -0.178. The highest BCUT2D eigenvalue weighted by Crippen LogP contribution is 2.34. The first-order chi connectivity index (χ1) is 11.5. The molecule has 0 aliphatic rings. The number of halogens is 2. The van der Waals surface area contributed by atoms with Crippen LogP contribution in [0, 0.1) is 10.5 Å². The zero-order valence-corrected chi connectivity index (χ0v) is 17.5. The van der Waals surface area contributed by atoms with E-state index in [0.717, 1.165) is 19.3 Å². The highest BCUT2D eigenvalue weighted by atomic mass is 127. The molecule has 0 aromatic heterocycles. The predicted molar refractivity (Wildman–Crippen MR) is 108 cm³/mol. The van der Waals surface area contributed by atoms with Gasteiger partial charge in [-0.3, -0.25) is 4.79 Å². The number of carbonyl (C=O) groups is 1. The highest BCUT2D eigenvalue weighted by molar-refractivity contribution is 14.1. The van der Waals surface area contributed by atoms with Crippen LogP contribution in [0.15, 0.2) is 34.8 Å². The van der Waals surface area contributed by atoms with E-state index < -0.39 is 0 Å². The third kappa shape index (κ3) is 4.63. The van der Waals surface area contributed by atoms with E-state index in [9.17, 15) is 4.79 Å². The third-order valence-electron chi connectivity index (χ3n) is 3.30. The van der Waals surface area contributed by atoms with Crippen LogP contribution in [0.25, 0.3) is 0 Å². The van der Waals surface area contributed by atoms with Gasteiger partial charge in [0.2, 0.25) is 0 Å². The molecular formula is C18H19BrINO3. The summed E-state index contributed by atoms with van der Waals surface area (Å²) in [6.07, 6.45) is 0. The number of nitrogens with one attached hydrogen (secondary N) is 1. The summed E-state index contributed by atoms with van der Waals surface area (Å²) in [6, 6.07) is 9.26. The van der Waals surface area contributed by atoms with Crippen molar-refractivity contribution in [2.45, 2.75) is 20.8 Å². The second-order valence-electron chi connectivity index (χ2n) is 5.06. The standard InChI is InChI=1S/C18H19BrINO3/c1-4-23-16-10-12(9-14(20)17(16)24-5-2)18(22)21-15-7-6-13(19)8-11(15)3/h6-10H,4-5H2,1-3H3,(H,21,22). The fourth-order valence-electron chi connectivity index (χ4n) is 2.21. The van der Waals surface area contributed by atoms with Gasteiger partial charge in [-0.15, -0.1) is 0 Å². The van der Waals surface area contributed by atoms with Crippen LogP contribution < -0.4 is 14.8 Å². The van der Waals surface area contributed by atoms with Gasteiger partial charge < -0.3 is 14.8 Å². The van der Waals surface area contributed by atoms with Crippen molar-refractivity contribution in [3.8, 4) is 11.5 Å². The number of benzene rings is 2. The number of amides is 1. The first-order valence-electron chi connectivity index (χ1n) is 7.62. The molecule has 1 amide bonds. The molecule has 6 heteroatoms. The summed E-state index contributed by atoms with van der Waals surface area (Å²) in [6.45, 7) is 6.82. The Morgan fingerprint density at radius 3 is 2.50 bits per heavy atom. The molecule has 0 unspecified atom stereocenters. The van der Waals surface area contributed by atoms with Crippen LogP contribution in [0.5, 0.6) is 11.5 Å². The summed E-state index contributed by atoms with van der Waals surface area (Å²) in [5.74, 6) is 1.09. The van der Waals surface area contributed by atoms with Gasteiger partial charge in [0.1, 0.15) is 0 Å². The molecule has 0 saturated carbocycles. The molecule has 2 rings (SSSR count). The molecule has 2 aromatic carbocycles. The smallest absolute Gasteiger partial charge is 0.255 e. The van der Waals surface area contributed by atoms with E-state index in [0.29, 0.717) is 30.3 Å². The summed E-state index contributed by atoms with van der Waals surface area (Å²) in [7, 11) is 0. The third-order valence-corrected chi connectivity index (χ3v) is 4.59. The molecule has 0 aliphatic carbocycles. The van der Waals surface area contributed by atoms with Gasteiger partial charge in [-0.2, -0.15) is 0 Å². The molecule has 0 aliphatic heterocycles.